The molecule has 0 atom stereocenters. The highest BCUT2D eigenvalue weighted by molar-refractivity contribution is 7.98. The fourth-order valence-electron chi connectivity index (χ4n) is 2.04. The first-order chi connectivity index (χ1) is 10.9. The van der Waals surface area contributed by atoms with E-state index in [1.54, 1.807) is 12.1 Å². The predicted octanol–water partition coefficient (Wildman–Crippen LogP) is 2.98. The van der Waals surface area contributed by atoms with Gasteiger partial charge in [0.2, 0.25) is 5.91 Å². The molecular formula is C15H21F3N2O2S. The zero-order valence-electron chi connectivity index (χ0n) is 12.9. The summed E-state index contributed by atoms with van der Waals surface area (Å²) in [6, 6.07) is 7.24. The van der Waals surface area contributed by atoms with E-state index in [4.69, 9.17) is 5.11 Å². The van der Waals surface area contributed by atoms with Crippen molar-refractivity contribution in [3.8, 4) is 0 Å². The molecule has 4 nitrogen and oxygen atoms in total. The van der Waals surface area contributed by atoms with Crippen molar-refractivity contribution in [1.82, 2.24) is 4.90 Å². The van der Waals surface area contributed by atoms with Crippen molar-refractivity contribution in [2.24, 2.45) is 0 Å². The number of anilines is 1. The molecule has 0 bridgehead atoms. The van der Waals surface area contributed by atoms with E-state index in [0.717, 1.165) is 9.80 Å². The summed E-state index contributed by atoms with van der Waals surface area (Å²) in [4.78, 5) is 14.0. The molecule has 1 aromatic carbocycles. The zero-order valence-corrected chi connectivity index (χ0v) is 13.7. The Bertz CT molecular complexity index is 498. The van der Waals surface area contributed by atoms with Crippen LogP contribution in [0.5, 0.6) is 0 Å². The molecule has 2 N–H and O–H groups in total. The summed E-state index contributed by atoms with van der Waals surface area (Å²) < 4.78 is 37.5. The minimum absolute atomic E-state index is 0.00716. The van der Waals surface area contributed by atoms with Crippen molar-refractivity contribution in [2.75, 3.05) is 37.8 Å². The van der Waals surface area contributed by atoms with Gasteiger partial charge in [0.1, 0.15) is 0 Å². The minimum Gasteiger partial charge on any atom is -0.396 e. The molecule has 0 radical (unpaired) electrons. The Labute approximate surface area is 138 Å². The maximum absolute atomic E-state index is 12.5. The second-order valence-electron chi connectivity index (χ2n) is 4.97. The van der Waals surface area contributed by atoms with Gasteiger partial charge in [-0.2, -0.15) is 13.2 Å². The third kappa shape index (κ3) is 8.24. The molecule has 0 fully saturated rings. The van der Waals surface area contributed by atoms with E-state index in [-0.39, 0.29) is 38.4 Å². The Kier molecular flexibility index (Phi) is 8.43. The maximum Gasteiger partial charge on any atom is 0.401 e. The molecule has 0 heterocycles. The van der Waals surface area contributed by atoms with Gasteiger partial charge < -0.3 is 10.4 Å². The first kappa shape index (κ1) is 19.8. The average Bonchev–Trinajstić information content (AvgIpc) is 2.49. The number of carbonyl (C=O) groups is 1. The van der Waals surface area contributed by atoms with E-state index in [9.17, 15) is 18.0 Å². The number of aliphatic hydroxyl groups is 1. The summed E-state index contributed by atoms with van der Waals surface area (Å²) in [5.74, 6) is -0.331. The second-order valence-corrected chi connectivity index (χ2v) is 5.82. The number of alkyl halides is 3. The molecule has 0 aliphatic rings. The van der Waals surface area contributed by atoms with Gasteiger partial charge in [0.15, 0.2) is 0 Å². The smallest absolute Gasteiger partial charge is 0.396 e. The SMILES string of the molecule is CSc1ccccc1NC(=O)CCN(CCCO)CC(F)(F)F. The summed E-state index contributed by atoms with van der Waals surface area (Å²) in [5, 5.41) is 11.5. The van der Waals surface area contributed by atoms with Crippen LogP contribution in [-0.4, -0.2) is 54.6 Å². The summed E-state index contributed by atoms with van der Waals surface area (Å²) in [6.07, 6.45) is -2.24. The number of rotatable bonds is 9. The van der Waals surface area contributed by atoms with E-state index < -0.39 is 12.7 Å². The summed E-state index contributed by atoms with van der Waals surface area (Å²) >= 11 is 1.48. The molecule has 0 saturated carbocycles. The highest BCUT2D eigenvalue weighted by Crippen LogP contribution is 2.24. The molecule has 0 spiro atoms. The van der Waals surface area contributed by atoms with Gasteiger partial charge in [0, 0.05) is 31.0 Å². The third-order valence-electron chi connectivity index (χ3n) is 3.07. The number of aliphatic hydroxyl groups excluding tert-OH is 1. The summed E-state index contributed by atoms with van der Waals surface area (Å²) in [5.41, 5.74) is 0.655. The number of hydrogen-bond acceptors (Lipinski definition) is 4. The van der Waals surface area contributed by atoms with Crippen LogP contribution >= 0.6 is 11.8 Å². The van der Waals surface area contributed by atoms with Crippen LogP contribution in [-0.2, 0) is 4.79 Å². The van der Waals surface area contributed by atoms with Crippen molar-refractivity contribution in [3.63, 3.8) is 0 Å². The highest BCUT2D eigenvalue weighted by Gasteiger charge is 2.30. The van der Waals surface area contributed by atoms with Crippen molar-refractivity contribution in [2.45, 2.75) is 23.9 Å². The number of halogens is 3. The number of thioether (sulfide) groups is 1. The van der Waals surface area contributed by atoms with Crippen LogP contribution < -0.4 is 5.32 Å². The van der Waals surface area contributed by atoms with Crippen LogP contribution in [0, 0.1) is 0 Å². The Hall–Kier alpha value is -1.25. The fourth-order valence-corrected chi connectivity index (χ4v) is 2.59. The van der Waals surface area contributed by atoms with Crippen LogP contribution in [0.1, 0.15) is 12.8 Å². The Balaban J connectivity index is 2.54. The zero-order chi connectivity index (χ0) is 17.3. The third-order valence-corrected chi connectivity index (χ3v) is 3.87. The largest absolute Gasteiger partial charge is 0.401 e. The van der Waals surface area contributed by atoms with Crippen LogP contribution in [0.25, 0.3) is 0 Å². The molecule has 0 aliphatic carbocycles. The van der Waals surface area contributed by atoms with Crippen LogP contribution in [0.2, 0.25) is 0 Å². The number of nitrogens with one attached hydrogen (secondary N) is 1. The molecule has 0 aliphatic heterocycles. The van der Waals surface area contributed by atoms with E-state index in [1.807, 2.05) is 18.4 Å². The van der Waals surface area contributed by atoms with E-state index in [2.05, 4.69) is 5.32 Å². The second kappa shape index (κ2) is 9.79. The summed E-state index contributed by atoms with van der Waals surface area (Å²) in [6.45, 7) is -1.17. The van der Waals surface area contributed by atoms with Crippen LogP contribution in [0.4, 0.5) is 18.9 Å². The fraction of sp³-hybridized carbons (Fsp3) is 0.533. The molecule has 0 unspecified atom stereocenters. The number of carbonyl (C=O) groups excluding carboxylic acids is 1. The van der Waals surface area contributed by atoms with Gasteiger partial charge in [-0.05, 0) is 24.8 Å². The lowest BCUT2D eigenvalue weighted by atomic mass is 10.3. The highest BCUT2D eigenvalue weighted by atomic mass is 32.2. The molecule has 1 amide bonds. The van der Waals surface area contributed by atoms with Gasteiger partial charge >= 0.3 is 6.18 Å². The lowest BCUT2D eigenvalue weighted by Gasteiger charge is -2.23. The number of hydrogen-bond donors (Lipinski definition) is 2. The molecular weight excluding hydrogens is 329 g/mol. The van der Waals surface area contributed by atoms with Crippen molar-refractivity contribution in [1.29, 1.82) is 0 Å². The van der Waals surface area contributed by atoms with Gasteiger partial charge in [-0.3, -0.25) is 9.69 Å². The number of benzene rings is 1. The molecule has 23 heavy (non-hydrogen) atoms. The molecule has 0 saturated heterocycles. The number of para-hydroxylation sites is 1. The first-order valence-corrected chi connectivity index (χ1v) is 8.41. The molecule has 1 aromatic rings. The van der Waals surface area contributed by atoms with Gasteiger partial charge in [-0.25, -0.2) is 0 Å². The lowest BCUT2D eigenvalue weighted by molar-refractivity contribution is -0.147. The molecule has 0 aromatic heterocycles. The monoisotopic (exact) mass is 350 g/mol. The summed E-state index contributed by atoms with van der Waals surface area (Å²) in [7, 11) is 0. The lowest BCUT2D eigenvalue weighted by Crippen LogP contribution is -2.37. The van der Waals surface area contributed by atoms with Crippen LogP contribution in [0.3, 0.4) is 0 Å². The van der Waals surface area contributed by atoms with Crippen molar-refractivity contribution >= 4 is 23.4 Å². The van der Waals surface area contributed by atoms with E-state index >= 15 is 0 Å². The van der Waals surface area contributed by atoms with Gasteiger partial charge in [-0.1, -0.05) is 12.1 Å². The topological polar surface area (TPSA) is 52.6 Å². The minimum atomic E-state index is -4.32. The van der Waals surface area contributed by atoms with E-state index in [1.165, 1.54) is 11.8 Å². The number of amides is 1. The average molecular weight is 350 g/mol. The van der Waals surface area contributed by atoms with Gasteiger partial charge in [0.05, 0.1) is 12.2 Å². The van der Waals surface area contributed by atoms with Gasteiger partial charge in [-0.15, -0.1) is 11.8 Å². The predicted molar refractivity (Wildman–Crippen MR) is 85.7 cm³/mol. The Morgan fingerprint density at radius 2 is 2.00 bits per heavy atom. The van der Waals surface area contributed by atoms with Crippen LogP contribution in [0.15, 0.2) is 29.2 Å². The van der Waals surface area contributed by atoms with Crippen molar-refractivity contribution < 1.29 is 23.1 Å². The first-order valence-electron chi connectivity index (χ1n) is 7.18. The van der Waals surface area contributed by atoms with Crippen molar-refractivity contribution in [3.05, 3.63) is 24.3 Å². The Morgan fingerprint density at radius 3 is 2.61 bits per heavy atom. The number of nitrogens with zero attached hydrogens (tertiary/aromatic N) is 1. The maximum atomic E-state index is 12.5. The standard InChI is InChI=1S/C15H21F3N2O2S/c1-23-13-6-3-2-5-12(13)19-14(22)7-9-20(8-4-10-21)11-15(16,17)18/h2-3,5-6,21H,4,7-11H2,1H3,(H,19,22). The molecule has 1 rings (SSSR count). The molecule has 8 heteroatoms. The normalized spacial score (nSPS) is 11.7. The van der Waals surface area contributed by atoms with Gasteiger partial charge in [0.25, 0.3) is 0 Å². The quantitative estimate of drug-likeness (QED) is 0.673. The van der Waals surface area contributed by atoms with E-state index in [0.29, 0.717) is 5.69 Å². The Morgan fingerprint density at radius 1 is 1.30 bits per heavy atom. The molecule has 130 valence electrons.